The Hall–Kier alpha value is -2.04. The number of aromatic nitrogens is 1. The third-order valence-corrected chi connectivity index (χ3v) is 6.51. The number of unbranched alkanes of at least 4 members (excludes halogenated alkanes) is 1. The number of terminal acetylenes is 1. The van der Waals surface area contributed by atoms with E-state index in [9.17, 15) is 12.8 Å². The van der Waals surface area contributed by atoms with Crippen molar-refractivity contribution < 1.29 is 12.8 Å². The van der Waals surface area contributed by atoms with E-state index in [2.05, 4.69) is 15.6 Å². The molecule has 0 atom stereocenters. The van der Waals surface area contributed by atoms with Crippen molar-refractivity contribution in [3.05, 3.63) is 63.5 Å². The molecule has 0 amide bonds. The van der Waals surface area contributed by atoms with Crippen LogP contribution >= 0.6 is 23.2 Å². The van der Waals surface area contributed by atoms with E-state index in [1.165, 1.54) is 30.3 Å². The predicted octanol–water partition coefficient (Wildman–Crippen LogP) is 5.09. The first-order valence-electron chi connectivity index (χ1n) is 8.99. The van der Waals surface area contributed by atoms with E-state index >= 15 is 0 Å². The van der Waals surface area contributed by atoms with Gasteiger partial charge in [-0.2, -0.15) is 0 Å². The van der Waals surface area contributed by atoms with Crippen LogP contribution in [0.2, 0.25) is 10.0 Å². The van der Waals surface area contributed by atoms with Gasteiger partial charge in [-0.05, 0) is 61.2 Å². The minimum Gasteiger partial charge on any atom is -0.356 e. The second-order valence-corrected chi connectivity index (χ2v) is 9.19. The van der Waals surface area contributed by atoms with Gasteiger partial charge in [0.2, 0.25) is 10.0 Å². The highest BCUT2D eigenvalue weighted by Gasteiger charge is 2.17. The van der Waals surface area contributed by atoms with E-state index in [-0.39, 0.29) is 16.5 Å². The van der Waals surface area contributed by atoms with E-state index in [0.717, 1.165) is 17.7 Å². The molecule has 3 aromatic rings. The Bertz CT molecular complexity index is 1170. The van der Waals surface area contributed by atoms with Crippen LogP contribution in [0.4, 0.5) is 4.39 Å². The number of halogens is 3. The third kappa shape index (κ3) is 5.12. The van der Waals surface area contributed by atoms with Crippen LogP contribution in [-0.4, -0.2) is 19.9 Å². The summed E-state index contributed by atoms with van der Waals surface area (Å²) in [6, 6.07) is 8.85. The SMILES string of the molecule is C#CCCCc1[nH]c2c(F)cc(Cl)cc2c1CCNS(=O)(=O)c1ccc(Cl)cc1. The smallest absolute Gasteiger partial charge is 0.240 e. The van der Waals surface area contributed by atoms with E-state index in [4.69, 9.17) is 29.6 Å². The Kier molecular flexibility index (Phi) is 6.86. The fourth-order valence-electron chi connectivity index (χ4n) is 3.20. The second-order valence-electron chi connectivity index (χ2n) is 6.55. The number of benzene rings is 2. The number of H-pyrrole nitrogens is 1. The summed E-state index contributed by atoms with van der Waals surface area (Å²) in [5, 5.41) is 1.39. The van der Waals surface area contributed by atoms with Crippen LogP contribution in [0.25, 0.3) is 10.9 Å². The van der Waals surface area contributed by atoms with Crippen LogP contribution in [0.3, 0.4) is 0 Å². The average Bonchev–Trinajstić information content (AvgIpc) is 3.00. The molecule has 0 aliphatic carbocycles. The van der Waals surface area contributed by atoms with Gasteiger partial charge < -0.3 is 4.98 Å². The molecule has 4 nitrogen and oxygen atoms in total. The van der Waals surface area contributed by atoms with Crippen molar-refractivity contribution in [2.75, 3.05) is 6.54 Å². The normalized spacial score (nSPS) is 11.7. The number of sulfonamides is 1. The van der Waals surface area contributed by atoms with Crippen molar-refractivity contribution in [3.63, 3.8) is 0 Å². The summed E-state index contributed by atoms with van der Waals surface area (Å²) in [5.74, 6) is 2.14. The fraction of sp³-hybridized carbons (Fsp3) is 0.238. The molecule has 0 aliphatic rings. The lowest BCUT2D eigenvalue weighted by atomic mass is 10.0. The first-order valence-corrected chi connectivity index (χ1v) is 11.2. The molecule has 2 aromatic carbocycles. The molecule has 0 unspecified atom stereocenters. The largest absolute Gasteiger partial charge is 0.356 e. The molecule has 29 heavy (non-hydrogen) atoms. The third-order valence-electron chi connectivity index (χ3n) is 4.56. The van der Waals surface area contributed by atoms with Gasteiger partial charge in [0.1, 0.15) is 5.82 Å². The molecule has 8 heteroatoms. The quantitative estimate of drug-likeness (QED) is 0.369. The molecule has 0 spiro atoms. The minimum absolute atomic E-state index is 0.129. The zero-order valence-electron chi connectivity index (χ0n) is 15.4. The molecule has 0 aliphatic heterocycles. The number of hydrogen-bond acceptors (Lipinski definition) is 2. The van der Waals surface area contributed by atoms with Gasteiger partial charge in [-0.1, -0.05) is 23.2 Å². The van der Waals surface area contributed by atoms with E-state index in [0.29, 0.717) is 35.2 Å². The minimum atomic E-state index is -3.68. The molecule has 0 fully saturated rings. The maximum Gasteiger partial charge on any atom is 0.240 e. The Morgan fingerprint density at radius 3 is 2.52 bits per heavy atom. The number of hydrogen-bond donors (Lipinski definition) is 2. The number of aryl methyl sites for hydroxylation is 1. The first kappa shape index (κ1) is 21.7. The van der Waals surface area contributed by atoms with E-state index in [1.54, 1.807) is 6.07 Å². The van der Waals surface area contributed by atoms with Gasteiger partial charge in [-0.3, -0.25) is 0 Å². The summed E-state index contributed by atoms with van der Waals surface area (Å²) < 4.78 is 41.9. The average molecular weight is 453 g/mol. The van der Waals surface area contributed by atoms with Gasteiger partial charge in [-0.15, -0.1) is 12.3 Å². The lowest BCUT2D eigenvalue weighted by molar-refractivity contribution is 0.581. The van der Waals surface area contributed by atoms with Crippen LogP contribution in [0, 0.1) is 18.2 Å². The van der Waals surface area contributed by atoms with Crippen molar-refractivity contribution in [3.8, 4) is 12.3 Å². The van der Waals surface area contributed by atoms with Crippen LogP contribution in [0.15, 0.2) is 41.3 Å². The Morgan fingerprint density at radius 2 is 1.83 bits per heavy atom. The lowest BCUT2D eigenvalue weighted by Crippen LogP contribution is -2.26. The van der Waals surface area contributed by atoms with Crippen LogP contribution in [0.5, 0.6) is 0 Å². The topological polar surface area (TPSA) is 62.0 Å². The summed E-state index contributed by atoms with van der Waals surface area (Å²) in [6.45, 7) is 0.147. The number of aromatic amines is 1. The monoisotopic (exact) mass is 452 g/mol. The highest BCUT2D eigenvalue weighted by atomic mass is 35.5. The molecular formula is C21H19Cl2FN2O2S. The van der Waals surface area contributed by atoms with Crippen molar-refractivity contribution in [1.29, 1.82) is 0 Å². The van der Waals surface area contributed by atoms with Gasteiger partial charge >= 0.3 is 0 Å². The molecule has 0 saturated heterocycles. The summed E-state index contributed by atoms with van der Waals surface area (Å²) >= 11 is 11.8. The molecule has 2 N–H and O–H groups in total. The van der Waals surface area contributed by atoms with Crippen LogP contribution < -0.4 is 4.72 Å². The molecule has 1 aromatic heterocycles. The van der Waals surface area contributed by atoms with Gasteiger partial charge in [0.15, 0.2) is 0 Å². The van der Waals surface area contributed by atoms with Gasteiger partial charge in [-0.25, -0.2) is 17.5 Å². The van der Waals surface area contributed by atoms with E-state index < -0.39 is 15.8 Å². The molecular weight excluding hydrogens is 434 g/mol. The van der Waals surface area contributed by atoms with Crippen molar-refractivity contribution in [2.24, 2.45) is 0 Å². The van der Waals surface area contributed by atoms with Crippen molar-refractivity contribution in [1.82, 2.24) is 9.71 Å². The lowest BCUT2D eigenvalue weighted by Gasteiger charge is -2.08. The van der Waals surface area contributed by atoms with Crippen LogP contribution in [0.1, 0.15) is 24.1 Å². The van der Waals surface area contributed by atoms with Crippen molar-refractivity contribution in [2.45, 2.75) is 30.6 Å². The summed E-state index contributed by atoms with van der Waals surface area (Å²) in [7, 11) is -3.68. The Morgan fingerprint density at radius 1 is 1.10 bits per heavy atom. The second kappa shape index (κ2) is 9.19. The number of nitrogens with one attached hydrogen (secondary N) is 2. The summed E-state index contributed by atoms with van der Waals surface area (Å²) in [5.41, 5.74) is 2.03. The van der Waals surface area contributed by atoms with E-state index in [1.807, 2.05) is 0 Å². The first-order chi connectivity index (χ1) is 13.8. The van der Waals surface area contributed by atoms with Crippen LogP contribution in [-0.2, 0) is 22.9 Å². The molecule has 0 radical (unpaired) electrons. The van der Waals surface area contributed by atoms with Gasteiger partial charge in [0.25, 0.3) is 0 Å². The molecule has 1 heterocycles. The highest BCUT2D eigenvalue weighted by molar-refractivity contribution is 7.89. The van der Waals surface area contributed by atoms with Gasteiger partial charge in [0, 0.05) is 34.1 Å². The molecule has 152 valence electrons. The molecule has 3 rings (SSSR count). The summed E-state index contributed by atoms with van der Waals surface area (Å²) in [4.78, 5) is 3.24. The zero-order valence-corrected chi connectivity index (χ0v) is 17.8. The maximum absolute atomic E-state index is 14.3. The standard InChI is InChI=1S/C21H19Cl2FN2O2S/c1-2-3-4-5-20-17(18-12-15(23)13-19(24)21(18)26-20)10-11-25-29(27,28)16-8-6-14(22)7-9-16/h1,6-9,12-13,25-26H,3-5,10-11H2. The number of fused-ring (bicyclic) bond motifs is 1. The summed E-state index contributed by atoms with van der Waals surface area (Å²) in [6.07, 6.45) is 7.66. The highest BCUT2D eigenvalue weighted by Crippen LogP contribution is 2.29. The maximum atomic E-state index is 14.3. The zero-order chi connectivity index (χ0) is 21.0. The van der Waals surface area contributed by atoms with Gasteiger partial charge in [0.05, 0.1) is 10.4 Å². The molecule has 0 bridgehead atoms. The number of rotatable bonds is 8. The van der Waals surface area contributed by atoms with Crippen molar-refractivity contribution >= 4 is 44.1 Å². The molecule has 0 saturated carbocycles. The Labute approximate surface area is 179 Å². The Balaban J connectivity index is 1.83. The fourth-order valence-corrected chi connectivity index (χ4v) is 4.56. The predicted molar refractivity (Wildman–Crippen MR) is 115 cm³/mol.